The van der Waals surface area contributed by atoms with Crippen LogP contribution >= 0.6 is 43.5 Å². The average molecular weight is 389 g/mol. The van der Waals surface area contributed by atoms with Crippen molar-refractivity contribution < 1.29 is 0 Å². The molecule has 0 radical (unpaired) electrons. The molecule has 3 heteroatoms. The predicted octanol–water partition coefficient (Wildman–Crippen LogP) is 6.04. The second-order valence-corrected chi connectivity index (χ2v) is 6.72. The van der Waals surface area contributed by atoms with Crippen LogP contribution in [-0.2, 0) is 6.42 Å². The van der Waals surface area contributed by atoms with Crippen molar-refractivity contribution in [3.63, 3.8) is 0 Å². The van der Waals surface area contributed by atoms with E-state index in [-0.39, 0.29) is 5.38 Å². The van der Waals surface area contributed by atoms with Crippen LogP contribution in [0.15, 0.2) is 51.4 Å². The zero-order valence-corrected chi connectivity index (χ0v) is 13.9. The van der Waals surface area contributed by atoms with E-state index in [1.165, 1.54) is 11.1 Å². The Hall–Kier alpha value is -0.310. The van der Waals surface area contributed by atoms with Gasteiger partial charge in [0.25, 0.3) is 0 Å². The van der Waals surface area contributed by atoms with E-state index < -0.39 is 0 Å². The molecule has 0 amide bonds. The van der Waals surface area contributed by atoms with E-state index in [1.54, 1.807) is 0 Å². The van der Waals surface area contributed by atoms with Gasteiger partial charge in [0.2, 0.25) is 0 Å². The van der Waals surface area contributed by atoms with Gasteiger partial charge in [-0.15, -0.1) is 11.6 Å². The van der Waals surface area contributed by atoms with Crippen molar-refractivity contribution >= 4 is 43.5 Å². The zero-order valence-electron chi connectivity index (χ0n) is 9.96. The normalized spacial score (nSPS) is 12.4. The lowest BCUT2D eigenvalue weighted by atomic mass is 10.0. The highest BCUT2D eigenvalue weighted by Gasteiger charge is 2.10. The fourth-order valence-electron chi connectivity index (χ4n) is 1.92. The summed E-state index contributed by atoms with van der Waals surface area (Å²) in [6.45, 7) is 2.10. The van der Waals surface area contributed by atoms with Crippen molar-refractivity contribution in [2.24, 2.45) is 0 Å². The number of hydrogen-bond acceptors (Lipinski definition) is 0. The summed E-state index contributed by atoms with van der Waals surface area (Å²) < 4.78 is 2.09. The second-order valence-electron chi connectivity index (χ2n) is 4.36. The topological polar surface area (TPSA) is 0 Å². The molecule has 0 aromatic heterocycles. The molecular formula is C15H13Br2Cl. The molecule has 0 saturated heterocycles. The summed E-state index contributed by atoms with van der Waals surface area (Å²) in [5.74, 6) is 0. The van der Waals surface area contributed by atoms with Crippen molar-refractivity contribution in [2.75, 3.05) is 0 Å². The molecule has 0 aliphatic carbocycles. The summed E-state index contributed by atoms with van der Waals surface area (Å²) in [7, 11) is 0. The molecule has 0 spiro atoms. The molecule has 2 rings (SSSR count). The van der Waals surface area contributed by atoms with Crippen LogP contribution in [0, 0.1) is 6.92 Å². The van der Waals surface area contributed by atoms with Crippen molar-refractivity contribution in [3.05, 3.63) is 68.1 Å². The molecule has 0 saturated carbocycles. The van der Waals surface area contributed by atoms with Crippen LogP contribution in [0.4, 0.5) is 0 Å². The first-order valence-electron chi connectivity index (χ1n) is 5.70. The lowest BCUT2D eigenvalue weighted by Crippen LogP contribution is -1.96. The van der Waals surface area contributed by atoms with Crippen LogP contribution in [0.2, 0.25) is 0 Å². The highest BCUT2D eigenvalue weighted by atomic mass is 79.9. The standard InChI is InChI=1S/C15H13Br2Cl/c1-10-3-2-4-11(5-10)6-15(18)12-7-13(16)9-14(17)8-12/h2-5,7-9,15H,6H2,1H3. The Labute approximate surface area is 130 Å². The van der Waals surface area contributed by atoms with Crippen LogP contribution in [-0.4, -0.2) is 0 Å². The van der Waals surface area contributed by atoms with Gasteiger partial charge in [-0.05, 0) is 42.7 Å². The molecule has 2 aromatic rings. The Morgan fingerprint density at radius 1 is 1.06 bits per heavy atom. The van der Waals surface area contributed by atoms with Gasteiger partial charge in [0.05, 0.1) is 5.38 Å². The van der Waals surface area contributed by atoms with E-state index >= 15 is 0 Å². The Morgan fingerprint density at radius 2 is 1.72 bits per heavy atom. The first kappa shape index (κ1) is 14.1. The lowest BCUT2D eigenvalue weighted by molar-refractivity contribution is 0.916. The highest BCUT2D eigenvalue weighted by molar-refractivity contribution is 9.11. The van der Waals surface area contributed by atoms with Crippen LogP contribution in [0.3, 0.4) is 0 Å². The minimum atomic E-state index is -0.0133. The second kappa shape index (κ2) is 6.23. The lowest BCUT2D eigenvalue weighted by Gasteiger charge is -2.11. The number of aryl methyl sites for hydroxylation is 1. The first-order chi connectivity index (χ1) is 8.54. The first-order valence-corrected chi connectivity index (χ1v) is 7.72. The number of rotatable bonds is 3. The molecule has 1 unspecified atom stereocenters. The molecule has 0 heterocycles. The third kappa shape index (κ3) is 3.84. The van der Waals surface area contributed by atoms with Gasteiger partial charge in [0.15, 0.2) is 0 Å². The van der Waals surface area contributed by atoms with Gasteiger partial charge in [-0.25, -0.2) is 0 Å². The fourth-order valence-corrected chi connectivity index (χ4v) is 3.55. The van der Waals surface area contributed by atoms with E-state index in [4.69, 9.17) is 11.6 Å². The van der Waals surface area contributed by atoms with E-state index in [2.05, 4.69) is 75.2 Å². The molecule has 94 valence electrons. The monoisotopic (exact) mass is 386 g/mol. The van der Waals surface area contributed by atoms with Gasteiger partial charge in [-0.2, -0.15) is 0 Å². The van der Waals surface area contributed by atoms with Gasteiger partial charge >= 0.3 is 0 Å². The smallest absolute Gasteiger partial charge is 0.0626 e. The van der Waals surface area contributed by atoms with Gasteiger partial charge in [-0.1, -0.05) is 61.7 Å². The summed E-state index contributed by atoms with van der Waals surface area (Å²) >= 11 is 13.5. The maximum absolute atomic E-state index is 6.50. The summed E-state index contributed by atoms with van der Waals surface area (Å²) in [4.78, 5) is 0. The van der Waals surface area contributed by atoms with Crippen molar-refractivity contribution in [3.8, 4) is 0 Å². The molecule has 0 N–H and O–H groups in total. The number of alkyl halides is 1. The zero-order chi connectivity index (χ0) is 13.1. The third-order valence-electron chi connectivity index (χ3n) is 2.74. The molecule has 0 fully saturated rings. The van der Waals surface area contributed by atoms with E-state index in [1.807, 2.05) is 6.07 Å². The molecule has 0 nitrogen and oxygen atoms in total. The van der Waals surface area contributed by atoms with Gasteiger partial charge in [0.1, 0.15) is 0 Å². The number of hydrogen-bond donors (Lipinski definition) is 0. The summed E-state index contributed by atoms with van der Waals surface area (Å²) in [6.07, 6.45) is 0.839. The molecule has 18 heavy (non-hydrogen) atoms. The molecule has 2 aromatic carbocycles. The van der Waals surface area contributed by atoms with Crippen LogP contribution in [0.5, 0.6) is 0 Å². The van der Waals surface area contributed by atoms with Gasteiger partial charge in [0, 0.05) is 8.95 Å². The molecule has 0 aliphatic rings. The Bertz CT molecular complexity index is 532. The van der Waals surface area contributed by atoms with Gasteiger partial charge in [-0.3, -0.25) is 0 Å². The number of halogens is 3. The maximum Gasteiger partial charge on any atom is 0.0626 e. The molecule has 0 bridgehead atoms. The SMILES string of the molecule is Cc1cccc(CC(Cl)c2cc(Br)cc(Br)c2)c1. The molecule has 0 aliphatic heterocycles. The fraction of sp³-hybridized carbons (Fsp3) is 0.200. The number of benzene rings is 2. The van der Waals surface area contributed by atoms with Crippen molar-refractivity contribution in [1.29, 1.82) is 0 Å². The molecular weight excluding hydrogens is 375 g/mol. The van der Waals surface area contributed by atoms with Crippen molar-refractivity contribution in [1.82, 2.24) is 0 Å². The van der Waals surface area contributed by atoms with Crippen LogP contribution in [0.1, 0.15) is 22.1 Å². The summed E-state index contributed by atoms with van der Waals surface area (Å²) in [5.41, 5.74) is 3.66. The maximum atomic E-state index is 6.50. The van der Waals surface area contributed by atoms with E-state index in [9.17, 15) is 0 Å². The van der Waals surface area contributed by atoms with Crippen LogP contribution in [0.25, 0.3) is 0 Å². The Morgan fingerprint density at radius 3 is 2.33 bits per heavy atom. The minimum Gasteiger partial charge on any atom is -0.117 e. The van der Waals surface area contributed by atoms with Gasteiger partial charge < -0.3 is 0 Å². The third-order valence-corrected chi connectivity index (χ3v) is 4.07. The van der Waals surface area contributed by atoms with Crippen molar-refractivity contribution in [2.45, 2.75) is 18.7 Å². The summed E-state index contributed by atoms with van der Waals surface area (Å²) in [5, 5.41) is -0.0133. The summed E-state index contributed by atoms with van der Waals surface area (Å²) in [6, 6.07) is 14.6. The highest BCUT2D eigenvalue weighted by Crippen LogP contribution is 2.30. The van der Waals surface area contributed by atoms with Crippen LogP contribution < -0.4 is 0 Å². The predicted molar refractivity (Wildman–Crippen MR) is 85.3 cm³/mol. The Kier molecular flexibility index (Phi) is 4.88. The van der Waals surface area contributed by atoms with E-state index in [0.717, 1.165) is 20.9 Å². The molecule has 1 atom stereocenters. The Balaban J connectivity index is 2.19. The van der Waals surface area contributed by atoms with E-state index in [0.29, 0.717) is 0 Å². The average Bonchev–Trinajstić information content (AvgIpc) is 2.27. The minimum absolute atomic E-state index is 0.0133. The largest absolute Gasteiger partial charge is 0.117 e. The quantitative estimate of drug-likeness (QED) is 0.562.